The maximum Gasteiger partial charge on any atom is 0.236 e. The molecular weight excluding hydrogens is 304 g/mol. The van der Waals surface area contributed by atoms with Crippen LogP contribution in [0.2, 0.25) is 0 Å². The molecule has 2 heterocycles. The molecule has 2 aliphatic rings. The van der Waals surface area contributed by atoms with Gasteiger partial charge in [-0.05, 0) is 30.4 Å². The first-order valence-electron chi connectivity index (χ1n) is 7.49. The quantitative estimate of drug-likeness (QED) is 0.863. The molecule has 5 heteroatoms. The second-order valence-electron chi connectivity index (χ2n) is 5.75. The van der Waals surface area contributed by atoms with Crippen molar-refractivity contribution < 1.29 is 4.79 Å². The Morgan fingerprint density at radius 2 is 1.90 bits per heavy atom. The lowest BCUT2D eigenvalue weighted by molar-refractivity contribution is -0.129. The van der Waals surface area contributed by atoms with E-state index in [4.69, 9.17) is 0 Å². The van der Waals surface area contributed by atoms with E-state index in [9.17, 15) is 4.79 Å². The monoisotopic (exact) mass is 326 g/mol. The molecule has 1 unspecified atom stereocenters. The molecule has 3 atom stereocenters. The van der Waals surface area contributed by atoms with Gasteiger partial charge in [-0.3, -0.25) is 4.79 Å². The van der Waals surface area contributed by atoms with Crippen molar-refractivity contribution in [2.24, 2.45) is 11.8 Å². The SMILES string of the molecule is CCC(Sc1ccccc1)C(=O)N1C[C@H]2CNC[C@H]2C1.Cl. The maximum atomic E-state index is 12.7. The van der Waals surface area contributed by atoms with Gasteiger partial charge in [-0.2, -0.15) is 0 Å². The second kappa shape index (κ2) is 7.52. The van der Waals surface area contributed by atoms with Crippen LogP contribution in [-0.2, 0) is 4.79 Å². The number of amides is 1. The summed E-state index contributed by atoms with van der Waals surface area (Å²) in [6.07, 6.45) is 0.891. The Morgan fingerprint density at radius 1 is 1.29 bits per heavy atom. The van der Waals surface area contributed by atoms with Gasteiger partial charge in [0.1, 0.15) is 0 Å². The summed E-state index contributed by atoms with van der Waals surface area (Å²) in [5.41, 5.74) is 0. The van der Waals surface area contributed by atoms with E-state index < -0.39 is 0 Å². The number of hydrogen-bond donors (Lipinski definition) is 1. The van der Waals surface area contributed by atoms with Crippen LogP contribution in [0, 0.1) is 11.8 Å². The summed E-state index contributed by atoms with van der Waals surface area (Å²) in [6, 6.07) is 10.3. The summed E-state index contributed by atoms with van der Waals surface area (Å²) in [5, 5.41) is 3.48. The van der Waals surface area contributed by atoms with Crippen molar-refractivity contribution in [1.29, 1.82) is 0 Å². The topological polar surface area (TPSA) is 32.3 Å². The smallest absolute Gasteiger partial charge is 0.236 e. The van der Waals surface area contributed by atoms with Crippen molar-refractivity contribution in [3.05, 3.63) is 30.3 Å². The fraction of sp³-hybridized carbons (Fsp3) is 0.562. The molecule has 116 valence electrons. The zero-order valence-corrected chi connectivity index (χ0v) is 14.0. The molecule has 0 aliphatic carbocycles. The normalized spacial score (nSPS) is 25.3. The highest BCUT2D eigenvalue weighted by Gasteiger charge is 2.39. The molecule has 0 radical (unpaired) electrons. The third kappa shape index (κ3) is 3.74. The Kier molecular flexibility index (Phi) is 5.97. The fourth-order valence-electron chi connectivity index (χ4n) is 3.21. The number of fused-ring (bicyclic) bond motifs is 1. The molecule has 0 saturated carbocycles. The minimum atomic E-state index is 0. The number of thioether (sulfide) groups is 1. The summed E-state index contributed by atoms with van der Waals surface area (Å²) in [6.45, 7) is 6.16. The van der Waals surface area contributed by atoms with Gasteiger partial charge in [-0.25, -0.2) is 0 Å². The van der Waals surface area contributed by atoms with E-state index >= 15 is 0 Å². The van der Waals surface area contributed by atoms with E-state index in [0.29, 0.717) is 17.7 Å². The molecule has 3 rings (SSSR count). The third-order valence-electron chi connectivity index (χ3n) is 4.37. The second-order valence-corrected chi connectivity index (χ2v) is 7.03. The molecule has 0 bridgehead atoms. The Hall–Kier alpha value is -0.710. The van der Waals surface area contributed by atoms with Crippen LogP contribution in [0.4, 0.5) is 0 Å². The average molecular weight is 327 g/mol. The summed E-state index contributed by atoms with van der Waals surface area (Å²) in [7, 11) is 0. The molecule has 2 fully saturated rings. The highest BCUT2D eigenvalue weighted by Crippen LogP contribution is 2.31. The number of carbonyl (C=O) groups excluding carboxylic acids is 1. The van der Waals surface area contributed by atoms with Crippen LogP contribution in [-0.4, -0.2) is 42.2 Å². The molecule has 0 aromatic heterocycles. The van der Waals surface area contributed by atoms with Crippen molar-refractivity contribution in [3.8, 4) is 0 Å². The van der Waals surface area contributed by atoms with Crippen LogP contribution in [0.15, 0.2) is 35.2 Å². The van der Waals surface area contributed by atoms with E-state index in [2.05, 4.69) is 29.3 Å². The number of benzene rings is 1. The lowest BCUT2D eigenvalue weighted by Gasteiger charge is -2.23. The van der Waals surface area contributed by atoms with E-state index in [1.54, 1.807) is 11.8 Å². The van der Waals surface area contributed by atoms with Gasteiger partial charge in [0.15, 0.2) is 0 Å². The minimum absolute atomic E-state index is 0. The van der Waals surface area contributed by atoms with Crippen molar-refractivity contribution in [1.82, 2.24) is 10.2 Å². The van der Waals surface area contributed by atoms with Gasteiger partial charge < -0.3 is 10.2 Å². The summed E-state index contributed by atoms with van der Waals surface area (Å²) in [5.74, 6) is 1.69. The Balaban J connectivity index is 0.00000161. The predicted octanol–water partition coefficient (Wildman–Crippen LogP) is 2.66. The fourth-order valence-corrected chi connectivity index (χ4v) is 4.27. The van der Waals surface area contributed by atoms with E-state index in [1.807, 2.05) is 18.2 Å². The highest BCUT2D eigenvalue weighted by atomic mass is 35.5. The molecule has 0 spiro atoms. The van der Waals surface area contributed by atoms with Crippen LogP contribution < -0.4 is 5.32 Å². The molecule has 1 amide bonds. The van der Waals surface area contributed by atoms with E-state index in [0.717, 1.165) is 32.6 Å². The van der Waals surface area contributed by atoms with Gasteiger partial charge in [0.25, 0.3) is 0 Å². The number of nitrogens with zero attached hydrogens (tertiary/aromatic N) is 1. The predicted molar refractivity (Wildman–Crippen MR) is 90.1 cm³/mol. The van der Waals surface area contributed by atoms with Crippen molar-refractivity contribution in [3.63, 3.8) is 0 Å². The molecule has 21 heavy (non-hydrogen) atoms. The molecular formula is C16H23ClN2OS. The van der Waals surface area contributed by atoms with Gasteiger partial charge in [-0.15, -0.1) is 24.2 Å². The standard InChI is InChI=1S/C16H22N2OS.ClH/c1-2-15(20-14-6-4-3-5-7-14)16(19)18-10-12-8-17-9-13(12)11-18;/h3-7,12-13,15,17H,2,8-11H2,1H3;1H/t12-,13+,15?;. The maximum absolute atomic E-state index is 12.7. The van der Waals surface area contributed by atoms with Crippen LogP contribution in [0.1, 0.15) is 13.3 Å². The largest absolute Gasteiger partial charge is 0.341 e. The molecule has 1 aromatic carbocycles. The first-order valence-corrected chi connectivity index (χ1v) is 8.37. The highest BCUT2D eigenvalue weighted by molar-refractivity contribution is 8.00. The van der Waals surface area contributed by atoms with Gasteiger partial charge in [0.05, 0.1) is 5.25 Å². The van der Waals surface area contributed by atoms with Crippen LogP contribution in [0.25, 0.3) is 0 Å². The summed E-state index contributed by atoms with van der Waals surface area (Å²) in [4.78, 5) is 16.0. The zero-order valence-electron chi connectivity index (χ0n) is 12.3. The zero-order chi connectivity index (χ0) is 13.9. The average Bonchev–Trinajstić information content (AvgIpc) is 3.06. The Labute approximate surface area is 137 Å². The van der Waals surface area contributed by atoms with Crippen LogP contribution >= 0.6 is 24.2 Å². The number of likely N-dealkylation sites (tertiary alicyclic amines) is 1. The van der Waals surface area contributed by atoms with E-state index in [-0.39, 0.29) is 17.7 Å². The van der Waals surface area contributed by atoms with Crippen LogP contribution in [0.5, 0.6) is 0 Å². The molecule has 1 aromatic rings. The van der Waals surface area contributed by atoms with Gasteiger partial charge >= 0.3 is 0 Å². The van der Waals surface area contributed by atoms with Crippen molar-refractivity contribution in [2.75, 3.05) is 26.2 Å². The molecule has 2 saturated heterocycles. The van der Waals surface area contributed by atoms with Crippen LogP contribution in [0.3, 0.4) is 0 Å². The third-order valence-corrected chi connectivity index (χ3v) is 5.73. The number of rotatable bonds is 4. The van der Waals surface area contributed by atoms with Gasteiger partial charge in [0.2, 0.25) is 5.91 Å². The minimum Gasteiger partial charge on any atom is -0.341 e. The number of hydrogen-bond acceptors (Lipinski definition) is 3. The summed E-state index contributed by atoms with van der Waals surface area (Å²) < 4.78 is 0. The first kappa shape index (κ1) is 16.7. The lowest BCUT2D eigenvalue weighted by Crippen LogP contribution is -2.37. The number of nitrogens with one attached hydrogen (secondary N) is 1. The Bertz CT molecular complexity index is 459. The molecule has 3 nitrogen and oxygen atoms in total. The van der Waals surface area contributed by atoms with E-state index in [1.165, 1.54) is 4.90 Å². The van der Waals surface area contributed by atoms with Crippen molar-refractivity contribution >= 4 is 30.1 Å². The molecule has 1 N–H and O–H groups in total. The first-order chi connectivity index (χ1) is 9.78. The van der Waals surface area contributed by atoms with Crippen molar-refractivity contribution in [2.45, 2.75) is 23.5 Å². The number of halogens is 1. The Morgan fingerprint density at radius 3 is 2.48 bits per heavy atom. The lowest BCUT2D eigenvalue weighted by atomic mass is 10.0. The molecule has 2 aliphatic heterocycles. The van der Waals surface area contributed by atoms with Gasteiger partial charge in [0, 0.05) is 31.1 Å². The summed E-state index contributed by atoms with van der Waals surface area (Å²) >= 11 is 1.70. The number of carbonyl (C=O) groups is 1. The van der Waals surface area contributed by atoms with Gasteiger partial charge in [-0.1, -0.05) is 25.1 Å².